The van der Waals surface area contributed by atoms with Crippen LogP contribution in [0.5, 0.6) is 5.75 Å². The molecule has 3 rings (SSSR count). The summed E-state index contributed by atoms with van der Waals surface area (Å²) in [6.07, 6.45) is 3.99. The monoisotopic (exact) mass is 401 g/mol. The fraction of sp³-hybridized carbons (Fsp3) is 0.211. The first-order chi connectivity index (χ1) is 12.1. The number of hydrazine groups is 1. The second kappa shape index (κ2) is 8.29. The zero-order valence-corrected chi connectivity index (χ0v) is 15.4. The Labute approximate surface area is 155 Å². The molecule has 2 atom stereocenters. The average molecular weight is 402 g/mol. The predicted molar refractivity (Wildman–Crippen MR) is 102 cm³/mol. The van der Waals surface area contributed by atoms with Gasteiger partial charge in [-0.3, -0.25) is 4.79 Å². The molecule has 0 radical (unpaired) electrons. The van der Waals surface area contributed by atoms with Gasteiger partial charge in [0.25, 0.3) is 0 Å². The number of carbonyl (C=O) groups is 1. The number of amides is 1. The van der Waals surface area contributed by atoms with Crippen molar-refractivity contribution in [3.63, 3.8) is 0 Å². The molecule has 130 valence electrons. The van der Waals surface area contributed by atoms with E-state index in [9.17, 15) is 4.79 Å². The van der Waals surface area contributed by atoms with Gasteiger partial charge in [0.05, 0.1) is 13.3 Å². The molecule has 3 N–H and O–H groups in total. The Kier molecular flexibility index (Phi) is 5.86. The summed E-state index contributed by atoms with van der Waals surface area (Å²) in [5.41, 5.74) is 8.46. The molecule has 1 aliphatic rings. The molecule has 1 saturated heterocycles. The molecule has 1 fully saturated rings. The van der Waals surface area contributed by atoms with E-state index in [1.807, 2.05) is 36.4 Å². The van der Waals surface area contributed by atoms with Crippen molar-refractivity contribution in [2.75, 3.05) is 7.11 Å². The molecule has 0 aromatic heterocycles. The Morgan fingerprint density at radius 1 is 1.16 bits per heavy atom. The quantitative estimate of drug-likeness (QED) is 0.673. The minimum Gasteiger partial charge on any atom is -0.497 e. The minimum atomic E-state index is -0.133. The molecule has 0 aliphatic carbocycles. The summed E-state index contributed by atoms with van der Waals surface area (Å²) in [7, 11) is 1.63. The van der Waals surface area contributed by atoms with Crippen LogP contribution < -0.4 is 20.9 Å². The SMILES string of the molecule is COc1ccc(/C=C/C(=O)NC2CC(c3ccc(Br)cc3)NN2)cc1. The highest BCUT2D eigenvalue weighted by atomic mass is 79.9. The first kappa shape index (κ1) is 17.7. The predicted octanol–water partition coefficient (Wildman–Crippen LogP) is 3.15. The summed E-state index contributed by atoms with van der Waals surface area (Å²) in [6, 6.07) is 15.9. The van der Waals surface area contributed by atoms with Gasteiger partial charge in [-0.2, -0.15) is 0 Å². The zero-order valence-electron chi connectivity index (χ0n) is 13.8. The Bertz CT molecular complexity index is 744. The van der Waals surface area contributed by atoms with Crippen LogP contribution in [0.1, 0.15) is 23.6 Å². The second-order valence-electron chi connectivity index (χ2n) is 5.80. The van der Waals surface area contributed by atoms with Gasteiger partial charge in [0.1, 0.15) is 5.75 Å². The molecule has 0 saturated carbocycles. The number of halogens is 1. The highest BCUT2D eigenvalue weighted by Crippen LogP contribution is 2.23. The van der Waals surface area contributed by atoms with E-state index in [0.717, 1.165) is 22.2 Å². The highest BCUT2D eigenvalue weighted by molar-refractivity contribution is 9.10. The second-order valence-corrected chi connectivity index (χ2v) is 6.71. The van der Waals surface area contributed by atoms with E-state index in [0.29, 0.717) is 0 Å². The van der Waals surface area contributed by atoms with Crippen molar-refractivity contribution in [3.8, 4) is 5.75 Å². The van der Waals surface area contributed by atoms with E-state index >= 15 is 0 Å². The highest BCUT2D eigenvalue weighted by Gasteiger charge is 2.25. The Morgan fingerprint density at radius 2 is 1.88 bits per heavy atom. The zero-order chi connectivity index (χ0) is 17.6. The lowest BCUT2D eigenvalue weighted by Gasteiger charge is -2.10. The Morgan fingerprint density at radius 3 is 2.56 bits per heavy atom. The van der Waals surface area contributed by atoms with Crippen LogP contribution in [0.15, 0.2) is 59.1 Å². The van der Waals surface area contributed by atoms with Crippen LogP contribution in [-0.2, 0) is 4.79 Å². The molecule has 25 heavy (non-hydrogen) atoms. The van der Waals surface area contributed by atoms with E-state index in [4.69, 9.17) is 4.74 Å². The molecule has 5 nitrogen and oxygen atoms in total. The number of benzene rings is 2. The minimum absolute atomic E-state index is 0.110. The first-order valence-electron chi connectivity index (χ1n) is 8.03. The van der Waals surface area contributed by atoms with Crippen molar-refractivity contribution >= 4 is 27.9 Å². The molecular formula is C19H20BrN3O2. The summed E-state index contributed by atoms with van der Waals surface area (Å²) >= 11 is 3.44. The fourth-order valence-corrected chi connectivity index (χ4v) is 2.94. The molecule has 2 aromatic rings. The topological polar surface area (TPSA) is 62.4 Å². The van der Waals surface area contributed by atoms with Gasteiger partial charge in [-0.15, -0.1) is 0 Å². The van der Waals surface area contributed by atoms with Crippen LogP contribution in [0.25, 0.3) is 6.08 Å². The maximum Gasteiger partial charge on any atom is 0.245 e. The van der Waals surface area contributed by atoms with Crippen LogP contribution >= 0.6 is 15.9 Å². The summed E-state index contributed by atoms with van der Waals surface area (Å²) < 4.78 is 6.17. The van der Waals surface area contributed by atoms with Crippen molar-refractivity contribution in [1.82, 2.24) is 16.2 Å². The van der Waals surface area contributed by atoms with Gasteiger partial charge < -0.3 is 10.1 Å². The van der Waals surface area contributed by atoms with Crippen molar-refractivity contribution < 1.29 is 9.53 Å². The van der Waals surface area contributed by atoms with E-state index in [-0.39, 0.29) is 18.1 Å². The Hall–Kier alpha value is -2.15. The number of nitrogens with one attached hydrogen (secondary N) is 3. The number of hydrogen-bond donors (Lipinski definition) is 3. The van der Waals surface area contributed by atoms with Crippen LogP contribution in [0.2, 0.25) is 0 Å². The third kappa shape index (κ3) is 4.92. The van der Waals surface area contributed by atoms with Gasteiger partial charge in [-0.25, -0.2) is 10.9 Å². The smallest absolute Gasteiger partial charge is 0.245 e. The third-order valence-corrected chi connectivity index (χ3v) is 4.56. The lowest BCUT2D eigenvalue weighted by atomic mass is 10.0. The van der Waals surface area contributed by atoms with Gasteiger partial charge in [0, 0.05) is 23.0 Å². The lowest BCUT2D eigenvalue weighted by molar-refractivity contribution is -0.117. The van der Waals surface area contributed by atoms with Gasteiger partial charge >= 0.3 is 0 Å². The van der Waals surface area contributed by atoms with Crippen molar-refractivity contribution in [1.29, 1.82) is 0 Å². The molecule has 0 spiro atoms. The van der Waals surface area contributed by atoms with Crippen molar-refractivity contribution in [3.05, 3.63) is 70.2 Å². The molecule has 0 bridgehead atoms. The molecule has 2 unspecified atom stereocenters. The largest absolute Gasteiger partial charge is 0.497 e. The number of ether oxygens (including phenoxy) is 1. The van der Waals surface area contributed by atoms with Crippen LogP contribution in [-0.4, -0.2) is 19.2 Å². The summed E-state index contributed by atoms with van der Waals surface area (Å²) in [6.45, 7) is 0. The van der Waals surface area contributed by atoms with Crippen LogP contribution in [0.3, 0.4) is 0 Å². The lowest BCUT2D eigenvalue weighted by Crippen LogP contribution is -2.43. The number of rotatable bonds is 5. The molecular weight excluding hydrogens is 382 g/mol. The van der Waals surface area contributed by atoms with Crippen LogP contribution in [0, 0.1) is 0 Å². The average Bonchev–Trinajstić information content (AvgIpc) is 3.09. The maximum atomic E-state index is 12.1. The van der Waals surface area contributed by atoms with Crippen molar-refractivity contribution in [2.24, 2.45) is 0 Å². The summed E-state index contributed by atoms with van der Waals surface area (Å²) in [5.74, 6) is 0.661. The standard InChI is InChI=1S/C19H20BrN3O2/c1-25-16-9-2-13(3-10-16)4-11-19(24)21-18-12-17(22-23-18)14-5-7-15(20)8-6-14/h2-11,17-18,22-23H,12H2,1H3,(H,21,24)/b11-4+. The van der Waals surface area contributed by atoms with Gasteiger partial charge in [-0.05, 0) is 41.5 Å². The molecule has 2 aromatic carbocycles. The number of hydrogen-bond acceptors (Lipinski definition) is 4. The van der Waals surface area contributed by atoms with Crippen molar-refractivity contribution in [2.45, 2.75) is 18.6 Å². The van der Waals surface area contributed by atoms with E-state index in [1.54, 1.807) is 13.2 Å². The third-order valence-electron chi connectivity index (χ3n) is 4.04. The van der Waals surface area contributed by atoms with Gasteiger partial charge in [0.2, 0.25) is 5.91 Å². The summed E-state index contributed by atoms with van der Waals surface area (Å²) in [4.78, 5) is 12.1. The van der Waals surface area contributed by atoms with Crippen LogP contribution in [0.4, 0.5) is 0 Å². The molecule has 1 amide bonds. The Balaban J connectivity index is 1.51. The van der Waals surface area contributed by atoms with Gasteiger partial charge in [-0.1, -0.05) is 40.2 Å². The molecule has 6 heteroatoms. The first-order valence-corrected chi connectivity index (χ1v) is 8.82. The molecule has 1 heterocycles. The van der Waals surface area contributed by atoms with E-state index in [2.05, 4.69) is 44.2 Å². The summed E-state index contributed by atoms with van der Waals surface area (Å²) in [5, 5.41) is 2.95. The van der Waals surface area contributed by atoms with E-state index in [1.165, 1.54) is 11.6 Å². The fourth-order valence-electron chi connectivity index (χ4n) is 2.67. The maximum absolute atomic E-state index is 12.1. The van der Waals surface area contributed by atoms with E-state index < -0.39 is 0 Å². The normalized spacial score (nSPS) is 19.9. The number of methoxy groups -OCH3 is 1. The molecule has 1 aliphatic heterocycles. The van der Waals surface area contributed by atoms with Gasteiger partial charge in [0.15, 0.2) is 0 Å². The number of carbonyl (C=O) groups excluding carboxylic acids is 1.